The number of ether oxygens (including phenoxy) is 3. The van der Waals surface area contributed by atoms with Crippen LogP contribution in [0.5, 0.6) is 0 Å². The van der Waals surface area contributed by atoms with E-state index in [1.54, 1.807) is 0 Å². The van der Waals surface area contributed by atoms with E-state index in [0.717, 1.165) is 12.8 Å². The molecular weight excluding hydrogens is 244 g/mol. The number of rotatable bonds is 2. The molecule has 0 aromatic heterocycles. The largest absolute Gasteiger partial charge is 0.463 e. The molecule has 1 heterocycles. The van der Waals surface area contributed by atoms with Gasteiger partial charge in [-0.3, -0.25) is 4.79 Å². The van der Waals surface area contributed by atoms with Gasteiger partial charge >= 0.3 is 5.97 Å². The van der Waals surface area contributed by atoms with Gasteiger partial charge in [0.15, 0.2) is 5.79 Å². The molecule has 19 heavy (non-hydrogen) atoms. The first kappa shape index (κ1) is 13.4. The van der Waals surface area contributed by atoms with Crippen molar-refractivity contribution >= 4 is 5.97 Å². The third-order valence-electron chi connectivity index (χ3n) is 5.47. The third kappa shape index (κ3) is 1.76. The first-order valence-electron chi connectivity index (χ1n) is 7.19. The predicted molar refractivity (Wildman–Crippen MR) is 69.4 cm³/mol. The molecule has 4 aliphatic rings. The molecule has 0 aromatic carbocycles. The van der Waals surface area contributed by atoms with E-state index in [1.807, 2.05) is 13.8 Å². The van der Waals surface area contributed by atoms with Crippen LogP contribution in [0.25, 0.3) is 0 Å². The molecule has 0 spiro atoms. The summed E-state index contributed by atoms with van der Waals surface area (Å²) < 4.78 is 17.7. The first-order chi connectivity index (χ1) is 8.67. The quantitative estimate of drug-likeness (QED) is 0.722. The Balaban J connectivity index is 1.91. The van der Waals surface area contributed by atoms with Crippen LogP contribution < -0.4 is 0 Å². The van der Waals surface area contributed by atoms with Crippen molar-refractivity contribution in [1.82, 2.24) is 0 Å². The zero-order chi connectivity index (χ0) is 14.1. The summed E-state index contributed by atoms with van der Waals surface area (Å²) in [5.41, 5.74) is -0.201. The number of carbonyl (C=O) groups excluding carboxylic acids is 1. The van der Waals surface area contributed by atoms with Gasteiger partial charge in [-0.2, -0.15) is 0 Å². The van der Waals surface area contributed by atoms with Crippen molar-refractivity contribution in [2.24, 2.45) is 17.3 Å². The second kappa shape index (κ2) is 3.73. The van der Waals surface area contributed by atoms with Gasteiger partial charge in [0.2, 0.25) is 0 Å². The third-order valence-corrected chi connectivity index (χ3v) is 5.47. The molecule has 2 bridgehead atoms. The van der Waals surface area contributed by atoms with Crippen LogP contribution in [0.4, 0.5) is 0 Å². The fourth-order valence-corrected chi connectivity index (χ4v) is 4.47. The summed E-state index contributed by atoms with van der Waals surface area (Å²) in [6.45, 7) is 10.3. The molecule has 4 nitrogen and oxygen atoms in total. The Kier molecular flexibility index (Phi) is 2.63. The highest BCUT2D eigenvalue weighted by molar-refractivity contribution is 5.66. The van der Waals surface area contributed by atoms with Crippen LogP contribution in [0, 0.1) is 17.3 Å². The molecule has 1 saturated heterocycles. The summed E-state index contributed by atoms with van der Waals surface area (Å²) >= 11 is 0. The highest BCUT2D eigenvalue weighted by Gasteiger charge is 2.71. The Morgan fingerprint density at radius 2 is 1.95 bits per heavy atom. The van der Waals surface area contributed by atoms with Gasteiger partial charge in [-0.05, 0) is 43.9 Å². The van der Waals surface area contributed by atoms with Crippen molar-refractivity contribution in [2.45, 2.75) is 65.0 Å². The van der Waals surface area contributed by atoms with E-state index in [9.17, 15) is 4.79 Å². The van der Waals surface area contributed by atoms with Crippen molar-refractivity contribution in [2.75, 3.05) is 6.61 Å². The van der Waals surface area contributed by atoms with E-state index in [4.69, 9.17) is 14.2 Å². The van der Waals surface area contributed by atoms with Gasteiger partial charge in [-0.15, -0.1) is 0 Å². The molecule has 0 amide bonds. The normalized spacial score (nSPS) is 45.2. The summed E-state index contributed by atoms with van der Waals surface area (Å²) in [5, 5.41) is 0. The maximum atomic E-state index is 11.2. The summed E-state index contributed by atoms with van der Waals surface area (Å²) in [7, 11) is 0. The first-order valence-corrected chi connectivity index (χ1v) is 7.19. The average Bonchev–Trinajstić information content (AvgIpc) is 2.55. The highest BCUT2D eigenvalue weighted by Crippen LogP contribution is 2.67. The number of carbonyl (C=O) groups is 1. The van der Waals surface area contributed by atoms with E-state index in [2.05, 4.69) is 13.8 Å². The Bertz CT molecular complexity index is 414. The lowest BCUT2D eigenvalue weighted by Crippen LogP contribution is -2.68. The molecule has 3 saturated carbocycles. The summed E-state index contributed by atoms with van der Waals surface area (Å²) in [4.78, 5) is 11.2. The lowest BCUT2D eigenvalue weighted by molar-refractivity contribution is -0.245. The fraction of sp³-hybridized carbons (Fsp3) is 0.933. The maximum absolute atomic E-state index is 11.2. The average molecular weight is 268 g/mol. The standard InChI is InChI=1S/C15H24O4/c1-9(16)17-8-15-11-6-10(13(11,2)3)7-12(15)18-14(4,5)19-15/h10-12H,6-8H2,1-5H3/t10-,11-,12+,15-/m1/s1. The number of hydrogen-bond donors (Lipinski definition) is 0. The molecule has 4 heteroatoms. The molecule has 108 valence electrons. The van der Waals surface area contributed by atoms with Crippen molar-refractivity contribution in [3.63, 3.8) is 0 Å². The zero-order valence-electron chi connectivity index (χ0n) is 12.5. The summed E-state index contributed by atoms with van der Waals surface area (Å²) in [6, 6.07) is 0. The predicted octanol–water partition coefficient (Wildman–Crippen LogP) is 2.51. The SMILES string of the molecule is CC(=O)OC[C@]12OC(C)(C)O[C@H]1C[C@H]1C[C@@H]2C1(C)C. The Morgan fingerprint density at radius 3 is 2.53 bits per heavy atom. The van der Waals surface area contributed by atoms with Crippen LogP contribution in [0.1, 0.15) is 47.5 Å². The zero-order valence-corrected chi connectivity index (χ0v) is 12.5. The number of esters is 1. The van der Waals surface area contributed by atoms with Crippen LogP contribution >= 0.6 is 0 Å². The van der Waals surface area contributed by atoms with E-state index in [0.29, 0.717) is 18.4 Å². The molecule has 4 fully saturated rings. The van der Waals surface area contributed by atoms with Crippen molar-refractivity contribution in [1.29, 1.82) is 0 Å². The van der Waals surface area contributed by atoms with Gasteiger partial charge in [0.05, 0.1) is 6.10 Å². The van der Waals surface area contributed by atoms with Crippen molar-refractivity contribution < 1.29 is 19.0 Å². The minimum atomic E-state index is -0.585. The van der Waals surface area contributed by atoms with Crippen LogP contribution in [-0.2, 0) is 19.0 Å². The molecule has 4 rings (SSSR count). The van der Waals surface area contributed by atoms with E-state index in [-0.39, 0.29) is 17.5 Å². The van der Waals surface area contributed by atoms with Gasteiger partial charge in [-0.25, -0.2) is 0 Å². The molecule has 3 aliphatic carbocycles. The molecule has 4 atom stereocenters. The van der Waals surface area contributed by atoms with Gasteiger partial charge in [0.25, 0.3) is 0 Å². The van der Waals surface area contributed by atoms with Crippen LogP contribution in [0.3, 0.4) is 0 Å². The van der Waals surface area contributed by atoms with E-state index < -0.39 is 11.4 Å². The molecule has 1 aliphatic heterocycles. The molecule has 0 aromatic rings. The topological polar surface area (TPSA) is 44.8 Å². The lowest BCUT2D eigenvalue weighted by atomic mass is 9.43. The molecule has 0 unspecified atom stereocenters. The smallest absolute Gasteiger partial charge is 0.302 e. The second-order valence-electron chi connectivity index (χ2n) is 7.39. The highest BCUT2D eigenvalue weighted by atomic mass is 16.8. The minimum Gasteiger partial charge on any atom is -0.463 e. The van der Waals surface area contributed by atoms with Crippen molar-refractivity contribution in [3.8, 4) is 0 Å². The van der Waals surface area contributed by atoms with Gasteiger partial charge < -0.3 is 14.2 Å². The van der Waals surface area contributed by atoms with E-state index in [1.165, 1.54) is 6.92 Å². The minimum absolute atomic E-state index is 0.0543. The molecular formula is C15H24O4. The van der Waals surface area contributed by atoms with Gasteiger partial charge in [0, 0.05) is 6.92 Å². The second-order valence-corrected chi connectivity index (χ2v) is 7.39. The molecule has 0 N–H and O–H groups in total. The Morgan fingerprint density at radius 1 is 1.26 bits per heavy atom. The number of hydrogen-bond acceptors (Lipinski definition) is 4. The maximum Gasteiger partial charge on any atom is 0.302 e. The van der Waals surface area contributed by atoms with Crippen molar-refractivity contribution in [3.05, 3.63) is 0 Å². The fourth-order valence-electron chi connectivity index (χ4n) is 4.47. The summed E-state index contributed by atoms with van der Waals surface area (Å²) in [5.74, 6) is 0.272. The summed E-state index contributed by atoms with van der Waals surface area (Å²) in [6.07, 6.45) is 2.22. The molecule has 0 radical (unpaired) electrons. The van der Waals surface area contributed by atoms with Crippen LogP contribution in [0.2, 0.25) is 0 Å². The van der Waals surface area contributed by atoms with Gasteiger partial charge in [0.1, 0.15) is 12.2 Å². The monoisotopic (exact) mass is 268 g/mol. The van der Waals surface area contributed by atoms with E-state index >= 15 is 0 Å². The lowest BCUT2D eigenvalue weighted by Gasteiger charge is -2.64. The van der Waals surface area contributed by atoms with Crippen LogP contribution in [0.15, 0.2) is 0 Å². The van der Waals surface area contributed by atoms with Crippen LogP contribution in [-0.4, -0.2) is 30.1 Å². The van der Waals surface area contributed by atoms with Gasteiger partial charge in [-0.1, -0.05) is 13.8 Å². The Labute approximate surface area is 114 Å². The Hall–Kier alpha value is -0.610.